The van der Waals surface area contributed by atoms with Gasteiger partial charge in [0.2, 0.25) is 10.3 Å². The SMILES string of the molecule is O=c1c(Cl)n[nH]nc1Cl.[Na]. The molecule has 0 saturated heterocycles. The molecule has 1 aromatic heterocycles. The Labute approximate surface area is 88.2 Å². The number of H-pyrrole nitrogens is 1. The zero-order valence-electron chi connectivity index (χ0n) is 5.06. The van der Waals surface area contributed by atoms with E-state index in [1.807, 2.05) is 0 Å². The van der Waals surface area contributed by atoms with Crippen LogP contribution in [0.3, 0.4) is 0 Å². The van der Waals surface area contributed by atoms with Gasteiger partial charge in [-0.15, -0.1) is 10.2 Å². The Bertz CT molecular complexity index is 251. The Morgan fingerprint density at radius 3 is 1.90 bits per heavy atom. The second kappa shape index (κ2) is 4.31. The Balaban J connectivity index is 0.000000810. The molecule has 0 fully saturated rings. The minimum Gasteiger partial charge on any atom is -0.283 e. The predicted molar refractivity (Wildman–Crippen MR) is 38.4 cm³/mol. The molecule has 0 aliphatic rings. The van der Waals surface area contributed by atoms with E-state index in [1.54, 1.807) is 0 Å². The first-order valence-corrected chi connectivity index (χ1v) is 2.73. The van der Waals surface area contributed by atoms with Gasteiger partial charge in [-0.1, -0.05) is 23.2 Å². The maximum Gasteiger partial charge on any atom is 0.256 e. The van der Waals surface area contributed by atoms with Crippen LogP contribution in [-0.2, 0) is 0 Å². The third-order valence-corrected chi connectivity index (χ3v) is 1.18. The van der Waals surface area contributed by atoms with E-state index < -0.39 is 5.43 Å². The van der Waals surface area contributed by atoms with Crippen molar-refractivity contribution in [2.45, 2.75) is 0 Å². The van der Waals surface area contributed by atoms with Gasteiger partial charge in [0, 0.05) is 29.6 Å². The molecule has 0 unspecified atom stereocenters. The van der Waals surface area contributed by atoms with Crippen molar-refractivity contribution in [1.82, 2.24) is 15.4 Å². The van der Waals surface area contributed by atoms with Crippen molar-refractivity contribution in [3.8, 4) is 0 Å². The molecule has 0 amide bonds. The summed E-state index contributed by atoms with van der Waals surface area (Å²) < 4.78 is 0. The van der Waals surface area contributed by atoms with Gasteiger partial charge in [-0.2, -0.15) is 5.21 Å². The number of halogens is 2. The number of hydrogen-bond donors (Lipinski definition) is 1. The Morgan fingerprint density at radius 1 is 1.20 bits per heavy atom. The van der Waals surface area contributed by atoms with E-state index in [0.717, 1.165) is 0 Å². The monoisotopic (exact) mass is 188 g/mol. The van der Waals surface area contributed by atoms with Crippen molar-refractivity contribution in [2.75, 3.05) is 0 Å². The Kier molecular flexibility index (Phi) is 4.47. The zero-order valence-corrected chi connectivity index (χ0v) is 8.57. The average Bonchev–Trinajstić information content (AvgIpc) is 1.83. The molecule has 4 nitrogen and oxygen atoms in total. The van der Waals surface area contributed by atoms with Crippen LogP contribution in [0.15, 0.2) is 4.79 Å². The van der Waals surface area contributed by atoms with Crippen molar-refractivity contribution in [1.29, 1.82) is 0 Å². The van der Waals surface area contributed by atoms with E-state index in [4.69, 9.17) is 23.2 Å². The normalized spacial score (nSPS) is 8.60. The second-order valence-corrected chi connectivity index (χ2v) is 1.95. The van der Waals surface area contributed by atoms with Crippen LogP contribution in [0.4, 0.5) is 0 Å². The third-order valence-electron chi connectivity index (χ3n) is 0.671. The van der Waals surface area contributed by atoms with Crippen molar-refractivity contribution in [3.05, 3.63) is 20.5 Å². The van der Waals surface area contributed by atoms with Gasteiger partial charge in [-0.05, 0) is 0 Å². The topological polar surface area (TPSA) is 58.6 Å². The quantitative estimate of drug-likeness (QED) is 0.588. The molecular weight excluding hydrogens is 188 g/mol. The van der Waals surface area contributed by atoms with Crippen LogP contribution in [0.1, 0.15) is 0 Å². The smallest absolute Gasteiger partial charge is 0.256 e. The fraction of sp³-hybridized carbons (Fsp3) is 0. The van der Waals surface area contributed by atoms with Crippen molar-refractivity contribution in [3.63, 3.8) is 0 Å². The van der Waals surface area contributed by atoms with Gasteiger partial charge in [-0.3, -0.25) is 4.79 Å². The molecule has 0 aromatic carbocycles. The van der Waals surface area contributed by atoms with Gasteiger partial charge < -0.3 is 0 Å². The van der Waals surface area contributed by atoms with Gasteiger partial charge in [0.05, 0.1) is 0 Å². The summed E-state index contributed by atoms with van der Waals surface area (Å²) >= 11 is 10.5. The first-order chi connectivity index (χ1) is 4.22. The molecule has 0 aliphatic heterocycles. The minimum atomic E-state index is -0.558. The largest absolute Gasteiger partial charge is 0.283 e. The third kappa shape index (κ3) is 2.21. The molecule has 1 aromatic rings. The zero-order chi connectivity index (χ0) is 6.85. The fourth-order valence-electron chi connectivity index (χ4n) is 0.299. The maximum atomic E-state index is 10.6. The molecular formula is C3HCl2N3NaO. The van der Waals surface area contributed by atoms with Gasteiger partial charge >= 0.3 is 0 Å². The first-order valence-electron chi connectivity index (χ1n) is 1.98. The van der Waals surface area contributed by atoms with Gasteiger partial charge in [0.15, 0.2) is 0 Å². The first kappa shape index (κ1) is 10.4. The molecule has 49 valence electrons. The van der Waals surface area contributed by atoms with Crippen LogP contribution in [0.25, 0.3) is 0 Å². The molecule has 1 radical (unpaired) electrons. The van der Waals surface area contributed by atoms with Gasteiger partial charge in [0.1, 0.15) is 0 Å². The molecule has 0 saturated carbocycles. The maximum absolute atomic E-state index is 10.6. The van der Waals surface area contributed by atoms with Crippen LogP contribution in [-0.4, -0.2) is 45.0 Å². The van der Waals surface area contributed by atoms with Crippen LogP contribution < -0.4 is 5.43 Å². The average molecular weight is 189 g/mol. The van der Waals surface area contributed by atoms with E-state index in [-0.39, 0.29) is 39.9 Å². The fourth-order valence-corrected chi connectivity index (χ4v) is 0.602. The summed E-state index contributed by atoms with van der Waals surface area (Å²) in [5.74, 6) is 0. The molecule has 0 spiro atoms. The molecule has 0 atom stereocenters. The molecule has 7 heteroatoms. The van der Waals surface area contributed by atoms with Gasteiger partial charge in [0.25, 0.3) is 5.43 Å². The molecule has 1 heterocycles. The van der Waals surface area contributed by atoms with E-state index in [2.05, 4.69) is 15.4 Å². The Morgan fingerprint density at radius 2 is 1.60 bits per heavy atom. The molecule has 0 bridgehead atoms. The Hall–Kier alpha value is 0.390. The summed E-state index contributed by atoms with van der Waals surface area (Å²) in [5, 5.41) is 8.25. The predicted octanol–water partition coefficient (Wildman–Crippen LogP) is 0.0909. The summed E-state index contributed by atoms with van der Waals surface area (Å²) in [6.45, 7) is 0. The summed E-state index contributed by atoms with van der Waals surface area (Å²) in [5.41, 5.74) is -0.558. The number of nitrogens with one attached hydrogen (secondary N) is 1. The second-order valence-electron chi connectivity index (χ2n) is 1.23. The standard InChI is InChI=1S/C3HCl2N3O.Na/c4-2-1(9)3(5)7-8-6-2;/h(H,8,9);. The minimum absolute atomic E-state index is 0. The summed E-state index contributed by atoms with van der Waals surface area (Å²) in [4.78, 5) is 10.6. The van der Waals surface area contributed by atoms with Crippen molar-refractivity contribution in [2.24, 2.45) is 0 Å². The van der Waals surface area contributed by atoms with Crippen LogP contribution in [0.5, 0.6) is 0 Å². The number of aromatic nitrogens is 3. The molecule has 1 rings (SSSR count). The van der Waals surface area contributed by atoms with E-state index in [1.165, 1.54) is 0 Å². The van der Waals surface area contributed by atoms with Crippen LogP contribution in [0.2, 0.25) is 10.3 Å². The molecule has 0 aliphatic carbocycles. The summed E-state index contributed by atoms with van der Waals surface area (Å²) in [7, 11) is 0. The molecule has 1 N–H and O–H groups in total. The number of hydrogen-bond acceptors (Lipinski definition) is 3. The van der Waals surface area contributed by atoms with E-state index in [0.29, 0.717) is 0 Å². The van der Waals surface area contributed by atoms with Crippen LogP contribution >= 0.6 is 23.2 Å². The summed E-state index contributed by atoms with van der Waals surface area (Å²) in [6.07, 6.45) is 0. The number of rotatable bonds is 0. The van der Waals surface area contributed by atoms with E-state index in [9.17, 15) is 4.79 Å². The van der Waals surface area contributed by atoms with Crippen molar-refractivity contribution < 1.29 is 0 Å². The van der Waals surface area contributed by atoms with Crippen molar-refractivity contribution >= 4 is 52.8 Å². The summed E-state index contributed by atoms with van der Waals surface area (Å²) in [6, 6.07) is 0. The van der Waals surface area contributed by atoms with E-state index >= 15 is 0 Å². The number of aromatic amines is 1. The van der Waals surface area contributed by atoms with Crippen LogP contribution in [0, 0.1) is 0 Å². The van der Waals surface area contributed by atoms with Gasteiger partial charge in [-0.25, -0.2) is 0 Å². The number of nitrogens with zero attached hydrogens (tertiary/aromatic N) is 2. The molecule has 10 heavy (non-hydrogen) atoms.